The number of hydrogen-bond acceptors (Lipinski definition) is 4. The summed E-state index contributed by atoms with van der Waals surface area (Å²) < 4.78 is 45.5. The molecule has 0 N–H and O–H groups in total. The topological polar surface area (TPSA) is 27.7 Å². The zero-order valence-corrected chi connectivity index (χ0v) is 14.6. The van der Waals surface area contributed by atoms with Crippen molar-refractivity contribution in [1.29, 1.82) is 0 Å². The van der Waals surface area contributed by atoms with Crippen molar-refractivity contribution in [2.75, 3.05) is 12.9 Å². The molecule has 0 radical (unpaired) electrons. The van der Waals surface area contributed by atoms with E-state index >= 15 is 0 Å². The van der Waals surface area contributed by atoms with Crippen LogP contribution < -0.4 is 10.2 Å². The molecular formula is C15H21BF2O3S. The third-order valence-corrected chi connectivity index (χ3v) is 4.91. The Hall–Kier alpha value is -0.785. The Labute approximate surface area is 134 Å². The molecule has 3 nitrogen and oxygen atoms in total. The molecule has 2 rings (SSSR count). The zero-order chi connectivity index (χ0) is 16.7. The highest BCUT2D eigenvalue weighted by atomic mass is 32.2. The molecule has 1 aromatic carbocycles. The molecule has 0 aliphatic carbocycles. The van der Waals surface area contributed by atoms with Gasteiger partial charge in [-0.05, 0) is 46.9 Å². The summed E-state index contributed by atoms with van der Waals surface area (Å²) in [6.45, 7) is 9.56. The molecule has 0 amide bonds. The fourth-order valence-electron chi connectivity index (χ4n) is 2.19. The van der Waals surface area contributed by atoms with Crippen molar-refractivity contribution >= 4 is 24.3 Å². The zero-order valence-electron chi connectivity index (χ0n) is 13.8. The molecule has 1 aromatic rings. The van der Waals surface area contributed by atoms with Gasteiger partial charge in [-0.1, -0.05) is 0 Å². The van der Waals surface area contributed by atoms with Crippen LogP contribution in [0.25, 0.3) is 0 Å². The maximum atomic E-state index is 14.3. The molecule has 1 fully saturated rings. The minimum absolute atomic E-state index is 0.142. The summed E-state index contributed by atoms with van der Waals surface area (Å²) >= 11 is 1.13. The van der Waals surface area contributed by atoms with Crippen LogP contribution in [0.1, 0.15) is 34.6 Å². The molecule has 7 heteroatoms. The molecule has 1 saturated heterocycles. The van der Waals surface area contributed by atoms with Crippen molar-refractivity contribution in [3.8, 4) is 5.75 Å². The number of rotatable bonds is 4. The van der Waals surface area contributed by atoms with E-state index in [2.05, 4.69) is 0 Å². The fraction of sp³-hybridized carbons (Fsp3) is 0.600. The lowest BCUT2D eigenvalue weighted by atomic mass is 9.78. The highest BCUT2D eigenvalue weighted by Gasteiger charge is 2.53. The van der Waals surface area contributed by atoms with Crippen LogP contribution >= 0.6 is 11.8 Å². The lowest BCUT2D eigenvalue weighted by Crippen LogP contribution is -2.41. The first-order valence-electron chi connectivity index (χ1n) is 7.19. The van der Waals surface area contributed by atoms with E-state index in [9.17, 15) is 8.78 Å². The standard InChI is InChI=1S/C15H21BF2O3S/c1-7-19-13-9(8-10(22-6)11(17)12(13)18)16-20-14(2,3)15(4,5)21-16/h8H,7H2,1-6H3. The van der Waals surface area contributed by atoms with Gasteiger partial charge in [0.25, 0.3) is 0 Å². The average molecular weight is 330 g/mol. The Morgan fingerprint density at radius 2 is 1.68 bits per heavy atom. The summed E-state index contributed by atoms with van der Waals surface area (Å²) in [5.41, 5.74) is -0.749. The van der Waals surface area contributed by atoms with Crippen molar-refractivity contribution < 1.29 is 22.8 Å². The highest BCUT2D eigenvalue weighted by Crippen LogP contribution is 2.38. The smallest absolute Gasteiger partial charge is 0.491 e. The van der Waals surface area contributed by atoms with E-state index in [1.807, 2.05) is 27.7 Å². The van der Waals surface area contributed by atoms with Gasteiger partial charge in [-0.15, -0.1) is 11.8 Å². The Morgan fingerprint density at radius 1 is 1.14 bits per heavy atom. The summed E-state index contributed by atoms with van der Waals surface area (Å²) in [7, 11) is -0.799. The van der Waals surface area contributed by atoms with E-state index in [-0.39, 0.29) is 17.3 Å². The molecule has 0 atom stereocenters. The van der Waals surface area contributed by atoms with Crippen LogP contribution in [0.4, 0.5) is 8.78 Å². The fourth-order valence-corrected chi connectivity index (χ4v) is 2.70. The van der Waals surface area contributed by atoms with Gasteiger partial charge in [0.05, 0.1) is 17.8 Å². The molecule has 0 bridgehead atoms. The maximum Gasteiger partial charge on any atom is 0.498 e. The number of ether oxygens (including phenoxy) is 1. The largest absolute Gasteiger partial charge is 0.498 e. The minimum atomic E-state index is -1.00. The summed E-state index contributed by atoms with van der Waals surface area (Å²) in [6, 6.07) is 1.54. The first kappa shape index (κ1) is 17.6. The third-order valence-electron chi connectivity index (χ3n) is 4.17. The molecule has 0 spiro atoms. The first-order valence-corrected chi connectivity index (χ1v) is 8.41. The van der Waals surface area contributed by atoms with Crippen LogP contribution in [0.15, 0.2) is 11.0 Å². The molecule has 0 aromatic heterocycles. The summed E-state index contributed by atoms with van der Waals surface area (Å²) in [6.07, 6.45) is 1.69. The second kappa shape index (κ2) is 6.02. The number of thioether (sulfide) groups is 1. The predicted octanol–water partition coefficient (Wildman–Crippen LogP) is 3.38. The normalized spacial score (nSPS) is 19.5. The SMILES string of the molecule is CCOc1c(B2OC(C)(C)C(C)(C)O2)cc(SC)c(F)c1F. The Balaban J connectivity index is 2.53. The van der Waals surface area contributed by atoms with Crippen LogP contribution in [-0.2, 0) is 9.31 Å². The van der Waals surface area contributed by atoms with Crippen LogP contribution in [0, 0.1) is 11.6 Å². The van der Waals surface area contributed by atoms with Gasteiger partial charge in [-0.25, -0.2) is 4.39 Å². The minimum Gasteiger partial charge on any atom is -0.491 e. The lowest BCUT2D eigenvalue weighted by Gasteiger charge is -2.32. The van der Waals surface area contributed by atoms with Crippen LogP contribution in [0.2, 0.25) is 0 Å². The van der Waals surface area contributed by atoms with Gasteiger partial charge in [0, 0.05) is 10.4 Å². The lowest BCUT2D eigenvalue weighted by molar-refractivity contribution is 0.00578. The average Bonchev–Trinajstić information content (AvgIpc) is 2.64. The quantitative estimate of drug-likeness (QED) is 0.625. The molecule has 1 aliphatic rings. The molecular weight excluding hydrogens is 309 g/mol. The monoisotopic (exact) mass is 330 g/mol. The first-order chi connectivity index (χ1) is 10.1. The van der Waals surface area contributed by atoms with Crippen molar-refractivity contribution in [2.45, 2.75) is 50.7 Å². The number of halogens is 2. The van der Waals surface area contributed by atoms with E-state index in [4.69, 9.17) is 14.0 Å². The van der Waals surface area contributed by atoms with Gasteiger partial charge in [-0.3, -0.25) is 0 Å². The van der Waals surface area contributed by atoms with E-state index in [1.54, 1.807) is 13.2 Å². The second-order valence-corrected chi connectivity index (χ2v) is 6.99. The molecule has 1 heterocycles. The summed E-state index contributed by atoms with van der Waals surface area (Å²) in [5.74, 6) is -2.05. The maximum absolute atomic E-state index is 14.3. The Bertz CT molecular complexity index is 562. The molecule has 122 valence electrons. The van der Waals surface area contributed by atoms with Gasteiger partial charge >= 0.3 is 7.12 Å². The molecule has 22 heavy (non-hydrogen) atoms. The van der Waals surface area contributed by atoms with E-state index in [1.165, 1.54) is 6.07 Å². The molecule has 1 aliphatic heterocycles. The van der Waals surface area contributed by atoms with Crippen molar-refractivity contribution in [3.05, 3.63) is 17.7 Å². The predicted molar refractivity (Wildman–Crippen MR) is 85.0 cm³/mol. The van der Waals surface area contributed by atoms with Crippen molar-refractivity contribution in [2.24, 2.45) is 0 Å². The van der Waals surface area contributed by atoms with E-state index < -0.39 is 30.0 Å². The van der Waals surface area contributed by atoms with Gasteiger partial charge in [0.15, 0.2) is 11.6 Å². The van der Waals surface area contributed by atoms with Crippen LogP contribution in [0.3, 0.4) is 0 Å². The Kier molecular flexibility index (Phi) is 4.81. The van der Waals surface area contributed by atoms with Gasteiger partial charge in [0.1, 0.15) is 0 Å². The third kappa shape index (κ3) is 2.86. The van der Waals surface area contributed by atoms with E-state index in [0.717, 1.165) is 11.8 Å². The van der Waals surface area contributed by atoms with Gasteiger partial charge in [-0.2, -0.15) is 4.39 Å². The Morgan fingerprint density at radius 3 is 2.14 bits per heavy atom. The van der Waals surface area contributed by atoms with Crippen molar-refractivity contribution in [1.82, 2.24) is 0 Å². The van der Waals surface area contributed by atoms with Crippen LogP contribution in [0.5, 0.6) is 5.75 Å². The van der Waals surface area contributed by atoms with E-state index in [0.29, 0.717) is 5.46 Å². The van der Waals surface area contributed by atoms with Gasteiger partial charge < -0.3 is 14.0 Å². The second-order valence-electron chi connectivity index (χ2n) is 6.15. The number of hydrogen-bond donors (Lipinski definition) is 0. The summed E-state index contributed by atoms with van der Waals surface area (Å²) in [4.78, 5) is 0.200. The molecule has 0 saturated carbocycles. The van der Waals surface area contributed by atoms with Gasteiger partial charge in [0.2, 0.25) is 5.82 Å². The van der Waals surface area contributed by atoms with Crippen molar-refractivity contribution in [3.63, 3.8) is 0 Å². The summed E-state index contributed by atoms with van der Waals surface area (Å²) in [5, 5.41) is 0. The highest BCUT2D eigenvalue weighted by molar-refractivity contribution is 7.98. The van der Waals surface area contributed by atoms with Crippen LogP contribution in [-0.4, -0.2) is 31.2 Å². The molecule has 0 unspecified atom stereocenters. The number of benzene rings is 1.